The Morgan fingerprint density at radius 2 is 2.04 bits per heavy atom. The van der Waals surface area contributed by atoms with Gasteiger partial charge in [-0.3, -0.25) is 0 Å². The maximum Gasteiger partial charge on any atom is 0.166 e. The van der Waals surface area contributed by atoms with Crippen molar-refractivity contribution in [3.63, 3.8) is 0 Å². The first-order valence-electron chi connectivity index (χ1n) is 8.45. The maximum absolute atomic E-state index is 6.53. The molecule has 0 radical (unpaired) electrons. The number of halogens is 3. The zero-order valence-electron chi connectivity index (χ0n) is 14.8. The van der Waals surface area contributed by atoms with E-state index in [1.165, 1.54) is 0 Å². The number of aromatic amines is 1. The Balaban J connectivity index is 0.00000156. The van der Waals surface area contributed by atoms with E-state index < -0.39 is 0 Å². The minimum Gasteiger partial charge on any atom is -0.367 e. The van der Waals surface area contributed by atoms with Crippen LogP contribution in [-0.2, 0) is 0 Å². The second-order valence-corrected chi connectivity index (χ2v) is 7.92. The number of H-pyrrole nitrogens is 1. The number of anilines is 1. The van der Waals surface area contributed by atoms with Gasteiger partial charge in [-0.15, -0.1) is 24.8 Å². The summed E-state index contributed by atoms with van der Waals surface area (Å²) in [4.78, 5) is 10.5. The Bertz CT molecular complexity index is 675. The fourth-order valence-electron chi connectivity index (χ4n) is 3.06. The van der Waals surface area contributed by atoms with Crippen LogP contribution < -0.4 is 10.2 Å². The normalized spacial score (nSPS) is 17.5. The average Bonchev–Trinajstić information content (AvgIpc) is 2.93. The van der Waals surface area contributed by atoms with Crippen molar-refractivity contribution in [1.82, 2.24) is 15.3 Å². The van der Waals surface area contributed by atoms with Gasteiger partial charge in [0.25, 0.3) is 0 Å². The topological polar surface area (TPSA) is 44.0 Å². The largest absolute Gasteiger partial charge is 0.367 e. The first kappa shape index (κ1) is 22.7. The molecule has 0 aliphatic carbocycles. The number of imidazole rings is 1. The molecule has 0 amide bonds. The molecule has 2 heterocycles. The molecule has 2 aromatic rings. The lowest BCUT2D eigenvalue weighted by atomic mass is 10.2. The Hall–Kier alpha value is -0.330. The van der Waals surface area contributed by atoms with E-state index in [1.807, 2.05) is 17.8 Å². The third kappa shape index (κ3) is 5.33. The lowest BCUT2D eigenvalue weighted by Gasteiger charge is -2.34. The highest BCUT2D eigenvalue weighted by molar-refractivity contribution is 7.99. The minimum absolute atomic E-state index is 0. The Labute approximate surface area is 171 Å². The minimum atomic E-state index is 0. The van der Waals surface area contributed by atoms with Crippen LogP contribution in [0.5, 0.6) is 0 Å². The summed E-state index contributed by atoms with van der Waals surface area (Å²) < 4.78 is 0. The third-order valence-electron chi connectivity index (χ3n) is 4.43. The van der Waals surface area contributed by atoms with E-state index in [0.29, 0.717) is 11.3 Å². The zero-order valence-corrected chi connectivity index (χ0v) is 18.0. The summed E-state index contributed by atoms with van der Waals surface area (Å²) in [6.07, 6.45) is 2.31. The van der Waals surface area contributed by atoms with Gasteiger partial charge in [0.15, 0.2) is 5.16 Å². The van der Waals surface area contributed by atoms with E-state index in [0.717, 1.165) is 59.4 Å². The van der Waals surface area contributed by atoms with Gasteiger partial charge in [0.2, 0.25) is 0 Å². The van der Waals surface area contributed by atoms with Crippen molar-refractivity contribution in [3.05, 3.63) is 17.2 Å². The molecule has 142 valence electrons. The van der Waals surface area contributed by atoms with Crippen molar-refractivity contribution >= 4 is 64.9 Å². The lowest BCUT2D eigenvalue weighted by Crippen LogP contribution is -2.49. The second kappa shape index (κ2) is 10.1. The Kier molecular flexibility index (Phi) is 9.19. The van der Waals surface area contributed by atoms with Crippen LogP contribution in [0.3, 0.4) is 0 Å². The van der Waals surface area contributed by atoms with Crippen molar-refractivity contribution in [2.45, 2.75) is 50.1 Å². The van der Waals surface area contributed by atoms with Crippen LogP contribution in [-0.4, -0.2) is 40.9 Å². The van der Waals surface area contributed by atoms with Gasteiger partial charge >= 0.3 is 0 Å². The van der Waals surface area contributed by atoms with Crippen molar-refractivity contribution in [1.29, 1.82) is 0 Å². The van der Waals surface area contributed by atoms with Crippen molar-refractivity contribution < 1.29 is 0 Å². The summed E-state index contributed by atoms with van der Waals surface area (Å²) in [6.45, 7) is 9.62. The van der Waals surface area contributed by atoms with Gasteiger partial charge in [-0.05, 0) is 31.9 Å². The van der Waals surface area contributed by atoms with Crippen LogP contribution >= 0.6 is 48.2 Å². The van der Waals surface area contributed by atoms with Gasteiger partial charge < -0.3 is 15.2 Å². The van der Waals surface area contributed by atoms with Crippen molar-refractivity contribution in [2.75, 3.05) is 24.5 Å². The average molecular weight is 426 g/mol. The number of nitrogens with one attached hydrogen (secondary N) is 2. The molecule has 1 aromatic carbocycles. The third-order valence-corrected chi connectivity index (χ3v) is 6.15. The van der Waals surface area contributed by atoms with E-state index >= 15 is 0 Å². The van der Waals surface area contributed by atoms with Gasteiger partial charge in [-0.1, -0.05) is 37.2 Å². The predicted molar refractivity (Wildman–Crippen MR) is 116 cm³/mol. The van der Waals surface area contributed by atoms with E-state index in [4.69, 9.17) is 16.6 Å². The SMILES string of the molecule is CCC(CC)Sc1nc2cc(Cl)c(N3CCN[C@H](C)C3)cc2[nH]1.Cl.Cl. The summed E-state index contributed by atoms with van der Waals surface area (Å²) in [5.41, 5.74) is 3.13. The molecule has 0 spiro atoms. The number of piperazine rings is 1. The molecule has 8 heteroatoms. The number of hydrogen-bond donors (Lipinski definition) is 2. The van der Waals surface area contributed by atoms with Crippen molar-refractivity contribution in [2.24, 2.45) is 0 Å². The fraction of sp³-hybridized carbons (Fsp3) is 0.588. The van der Waals surface area contributed by atoms with Crippen LogP contribution in [0, 0.1) is 0 Å². The molecule has 25 heavy (non-hydrogen) atoms. The molecule has 1 aliphatic heterocycles. The van der Waals surface area contributed by atoms with Crippen LogP contribution in [0.2, 0.25) is 5.02 Å². The Morgan fingerprint density at radius 1 is 1.32 bits per heavy atom. The van der Waals surface area contributed by atoms with E-state index in [1.54, 1.807) is 0 Å². The van der Waals surface area contributed by atoms with Gasteiger partial charge in [-0.2, -0.15) is 0 Å². The highest BCUT2D eigenvalue weighted by Gasteiger charge is 2.19. The molecular weight excluding hydrogens is 399 g/mol. The Morgan fingerprint density at radius 3 is 2.68 bits per heavy atom. The number of hydrogen-bond acceptors (Lipinski definition) is 4. The molecule has 0 bridgehead atoms. The van der Waals surface area contributed by atoms with E-state index in [2.05, 4.69) is 42.0 Å². The predicted octanol–water partition coefficient (Wildman–Crippen LogP) is 5.14. The molecule has 4 nitrogen and oxygen atoms in total. The summed E-state index contributed by atoms with van der Waals surface area (Å²) in [5.74, 6) is 0. The lowest BCUT2D eigenvalue weighted by molar-refractivity contribution is 0.485. The van der Waals surface area contributed by atoms with Crippen LogP contribution in [0.25, 0.3) is 11.0 Å². The summed E-state index contributed by atoms with van der Waals surface area (Å²) in [7, 11) is 0. The number of benzene rings is 1. The van der Waals surface area contributed by atoms with Gasteiger partial charge in [0, 0.05) is 30.9 Å². The fourth-order valence-corrected chi connectivity index (χ4v) is 4.31. The van der Waals surface area contributed by atoms with E-state index in [9.17, 15) is 0 Å². The van der Waals surface area contributed by atoms with Gasteiger partial charge in [0.1, 0.15) is 0 Å². The molecule has 1 atom stereocenters. The highest BCUT2D eigenvalue weighted by atomic mass is 35.5. The quantitative estimate of drug-likeness (QED) is 0.651. The molecule has 1 saturated heterocycles. The number of fused-ring (bicyclic) bond motifs is 1. The number of rotatable bonds is 5. The first-order valence-corrected chi connectivity index (χ1v) is 9.70. The first-order chi connectivity index (χ1) is 11.1. The molecule has 2 N–H and O–H groups in total. The highest BCUT2D eigenvalue weighted by Crippen LogP contribution is 2.33. The molecule has 1 aliphatic rings. The molecular formula is C17H27Cl3N4S. The molecule has 0 saturated carbocycles. The molecule has 1 fully saturated rings. The second-order valence-electron chi connectivity index (χ2n) is 6.22. The monoisotopic (exact) mass is 424 g/mol. The van der Waals surface area contributed by atoms with Crippen LogP contribution in [0.15, 0.2) is 17.3 Å². The van der Waals surface area contributed by atoms with Gasteiger partial charge in [0.05, 0.1) is 21.7 Å². The van der Waals surface area contributed by atoms with Crippen LogP contribution in [0.1, 0.15) is 33.6 Å². The number of aromatic nitrogens is 2. The standard InChI is InChI=1S/C17H25ClN4S.2ClH/c1-4-12(5-2)23-17-20-14-8-13(18)16(9-15(14)21-17)22-7-6-19-11(3)10-22;;/h8-9,11-12,19H,4-7,10H2,1-3H3,(H,20,21);2*1H/t11-;;/m1../s1. The zero-order chi connectivity index (χ0) is 16.4. The molecule has 1 aromatic heterocycles. The smallest absolute Gasteiger partial charge is 0.166 e. The number of thioether (sulfide) groups is 1. The van der Waals surface area contributed by atoms with E-state index in [-0.39, 0.29) is 24.8 Å². The van der Waals surface area contributed by atoms with Gasteiger partial charge in [-0.25, -0.2) is 4.98 Å². The summed E-state index contributed by atoms with van der Waals surface area (Å²) in [5, 5.41) is 5.86. The maximum atomic E-state index is 6.53. The van der Waals surface area contributed by atoms with Crippen LogP contribution in [0.4, 0.5) is 5.69 Å². The summed E-state index contributed by atoms with van der Waals surface area (Å²) in [6, 6.07) is 4.63. The summed E-state index contributed by atoms with van der Waals surface area (Å²) >= 11 is 8.36. The number of nitrogens with zero attached hydrogens (tertiary/aromatic N) is 2. The molecule has 0 unspecified atom stereocenters. The molecule has 3 rings (SSSR count). The van der Waals surface area contributed by atoms with Crippen molar-refractivity contribution in [3.8, 4) is 0 Å².